The van der Waals surface area contributed by atoms with E-state index in [4.69, 9.17) is 11.6 Å². The summed E-state index contributed by atoms with van der Waals surface area (Å²) in [5, 5.41) is 7.64. The Hall–Kier alpha value is -4.26. The van der Waals surface area contributed by atoms with Gasteiger partial charge in [0, 0.05) is 55.4 Å². The number of imidazole rings is 1. The summed E-state index contributed by atoms with van der Waals surface area (Å²) in [6.07, 6.45) is 1.73. The molecule has 3 N–H and O–H groups in total. The molecule has 0 aliphatic heterocycles. The van der Waals surface area contributed by atoms with Crippen molar-refractivity contribution in [2.45, 2.75) is 31.7 Å². The lowest BCUT2D eigenvalue weighted by Gasteiger charge is -2.17. The zero-order valence-electron chi connectivity index (χ0n) is 24.5. The number of carbonyl (C=O) groups excluding carboxylic acids is 1. The van der Waals surface area contributed by atoms with E-state index in [1.165, 1.54) is 0 Å². The third-order valence-corrected chi connectivity index (χ3v) is 8.73. The van der Waals surface area contributed by atoms with Crippen LogP contribution in [-0.2, 0) is 10.0 Å². The molecule has 2 heterocycles. The van der Waals surface area contributed by atoms with Crippen LogP contribution in [0.2, 0.25) is 5.02 Å². The van der Waals surface area contributed by atoms with E-state index in [-0.39, 0.29) is 34.6 Å². The monoisotopic (exact) mass is 620 g/mol. The molecule has 0 spiro atoms. The van der Waals surface area contributed by atoms with E-state index in [2.05, 4.69) is 44.2 Å². The third-order valence-electron chi connectivity index (χ3n) is 6.90. The Morgan fingerprint density at radius 3 is 2.49 bits per heavy atom. The second-order valence-corrected chi connectivity index (χ2v) is 12.7. The molecule has 0 fully saturated rings. The summed E-state index contributed by atoms with van der Waals surface area (Å²) < 4.78 is 30.8. The lowest BCUT2D eigenvalue weighted by Crippen LogP contribution is -2.34. The fraction of sp³-hybridized carbons (Fsp3) is 0.267. The van der Waals surface area contributed by atoms with Crippen LogP contribution in [-0.4, -0.2) is 61.0 Å². The van der Waals surface area contributed by atoms with Gasteiger partial charge in [0.15, 0.2) is 17.0 Å². The van der Waals surface area contributed by atoms with Gasteiger partial charge in [-0.1, -0.05) is 35.9 Å². The highest BCUT2D eigenvalue weighted by molar-refractivity contribution is 7.89. The van der Waals surface area contributed by atoms with E-state index in [0.717, 1.165) is 16.7 Å². The van der Waals surface area contributed by atoms with Gasteiger partial charge in [0.25, 0.3) is 5.91 Å². The Kier molecular flexibility index (Phi) is 8.54. The molecule has 1 amide bonds. The first-order chi connectivity index (χ1) is 20.5. The van der Waals surface area contributed by atoms with E-state index in [9.17, 15) is 13.2 Å². The molecule has 224 valence electrons. The van der Waals surface area contributed by atoms with Gasteiger partial charge in [0.1, 0.15) is 5.82 Å². The highest BCUT2D eigenvalue weighted by Gasteiger charge is 2.19. The summed E-state index contributed by atoms with van der Waals surface area (Å²) >= 11 is 6.47. The molecule has 11 nitrogen and oxygen atoms in total. The van der Waals surface area contributed by atoms with Crippen LogP contribution in [0.3, 0.4) is 0 Å². The van der Waals surface area contributed by atoms with Crippen molar-refractivity contribution in [3.05, 3.63) is 77.3 Å². The molecule has 2 aromatic heterocycles. The number of benzene rings is 3. The van der Waals surface area contributed by atoms with Crippen LogP contribution in [0.4, 0.5) is 17.2 Å². The summed E-state index contributed by atoms with van der Waals surface area (Å²) in [6, 6.07) is 15.9. The van der Waals surface area contributed by atoms with Crippen molar-refractivity contribution in [2.75, 3.05) is 37.4 Å². The molecule has 3 aromatic carbocycles. The standard InChI is InChI=1S/C30H33ClN8O3S/c1-18(2)39-17-33-27-28(35-19(3)36-29(27)39)37-20-12-13-23(24(31)16-20)30(40)32-14-15-34-43(41,42)26-11-7-8-21-22(26)9-6-10-25(21)38(4)5/h6-13,16-18,34H,14-15H2,1-5H3,(H,32,40)(H,35,36,37). The summed E-state index contributed by atoms with van der Waals surface area (Å²) in [6.45, 7) is 5.98. The van der Waals surface area contributed by atoms with E-state index in [1.807, 2.05) is 48.7 Å². The first kappa shape index (κ1) is 30.2. The first-order valence-electron chi connectivity index (χ1n) is 13.7. The van der Waals surface area contributed by atoms with E-state index in [0.29, 0.717) is 28.2 Å². The molecule has 43 heavy (non-hydrogen) atoms. The average Bonchev–Trinajstić information content (AvgIpc) is 3.39. The molecule has 0 radical (unpaired) electrons. The number of halogens is 1. The quantitative estimate of drug-likeness (QED) is 0.185. The highest BCUT2D eigenvalue weighted by atomic mass is 35.5. The molecule has 13 heteroatoms. The molecule has 0 bridgehead atoms. The summed E-state index contributed by atoms with van der Waals surface area (Å²) in [5.41, 5.74) is 3.15. The first-order valence-corrected chi connectivity index (χ1v) is 15.6. The van der Waals surface area contributed by atoms with Gasteiger partial charge in [-0.25, -0.2) is 28.1 Å². The zero-order valence-corrected chi connectivity index (χ0v) is 26.1. The molecule has 0 unspecified atom stereocenters. The van der Waals surface area contributed by atoms with E-state index < -0.39 is 15.9 Å². The topological polar surface area (TPSA) is 134 Å². The van der Waals surface area contributed by atoms with Gasteiger partial charge in [-0.2, -0.15) is 0 Å². The molecule has 0 saturated carbocycles. The largest absolute Gasteiger partial charge is 0.377 e. The van der Waals surface area contributed by atoms with Crippen LogP contribution in [0.25, 0.3) is 21.9 Å². The number of carbonyl (C=O) groups is 1. The maximum Gasteiger partial charge on any atom is 0.252 e. The smallest absolute Gasteiger partial charge is 0.252 e. The second kappa shape index (κ2) is 12.2. The minimum Gasteiger partial charge on any atom is -0.377 e. The highest BCUT2D eigenvalue weighted by Crippen LogP contribution is 2.30. The molecule has 0 atom stereocenters. The van der Waals surface area contributed by atoms with E-state index in [1.54, 1.807) is 42.7 Å². The number of anilines is 3. The molecule has 0 aliphatic carbocycles. The number of amides is 1. The Morgan fingerprint density at radius 1 is 1.02 bits per heavy atom. The average molecular weight is 621 g/mol. The van der Waals surface area contributed by atoms with Gasteiger partial charge >= 0.3 is 0 Å². The van der Waals surface area contributed by atoms with Crippen LogP contribution in [0.5, 0.6) is 0 Å². The van der Waals surface area contributed by atoms with Crippen molar-refractivity contribution in [1.29, 1.82) is 0 Å². The third kappa shape index (κ3) is 6.26. The minimum atomic E-state index is -3.83. The maximum absolute atomic E-state index is 13.1. The molecule has 0 aliphatic rings. The molecular formula is C30H33ClN8O3S. The SMILES string of the molecule is Cc1nc(Nc2ccc(C(=O)NCCNS(=O)(=O)c3cccc4c(N(C)C)cccc34)c(Cl)c2)c2ncn(C(C)C)c2n1. The van der Waals surface area contributed by atoms with Gasteiger partial charge in [0.05, 0.1) is 21.8 Å². The predicted molar refractivity (Wildman–Crippen MR) is 171 cm³/mol. The normalized spacial score (nSPS) is 11.8. The lowest BCUT2D eigenvalue weighted by atomic mass is 10.1. The number of fused-ring (bicyclic) bond motifs is 2. The summed E-state index contributed by atoms with van der Waals surface area (Å²) in [7, 11) is -0.00960. The molecule has 0 saturated heterocycles. The Morgan fingerprint density at radius 2 is 1.77 bits per heavy atom. The van der Waals surface area contributed by atoms with Crippen LogP contribution in [0, 0.1) is 6.92 Å². The van der Waals surface area contributed by atoms with Crippen LogP contribution in [0.1, 0.15) is 36.1 Å². The van der Waals surface area contributed by atoms with Gasteiger partial charge < -0.3 is 20.1 Å². The number of hydrogen-bond acceptors (Lipinski definition) is 8. The zero-order chi connectivity index (χ0) is 30.9. The Bertz CT molecular complexity index is 1940. The second-order valence-electron chi connectivity index (χ2n) is 10.5. The number of nitrogens with one attached hydrogen (secondary N) is 3. The summed E-state index contributed by atoms with van der Waals surface area (Å²) in [5.74, 6) is 0.702. The summed E-state index contributed by atoms with van der Waals surface area (Å²) in [4.78, 5) is 28.5. The van der Waals surface area contributed by atoms with Gasteiger partial charge in [-0.15, -0.1) is 0 Å². The number of hydrogen-bond donors (Lipinski definition) is 3. The fourth-order valence-corrected chi connectivity index (χ4v) is 6.35. The van der Waals surface area contributed by atoms with Crippen molar-refractivity contribution < 1.29 is 13.2 Å². The Labute approximate surface area is 255 Å². The van der Waals surface area contributed by atoms with Crippen LogP contribution >= 0.6 is 11.6 Å². The maximum atomic E-state index is 13.1. The van der Waals surface area contributed by atoms with Crippen molar-refractivity contribution in [3.8, 4) is 0 Å². The van der Waals surface area contributed by atoms with Crippen molar-refractivity contribution in [1.82, 2.24) is 29.6 Å². The predicted octanol–water partition coefficient (Wildman–Crippen LogP) is 5.04. The number of nitrogens with zero attached hydrogens (tertiary/aromatic N) is 5. The lowest BCUT2D eigenvalue weighted by molar-refractivity contribution is 0.0954. The van der Waals surface area contributed by atoms with Gasteiger partial charge in [-0.3, -0.25) is 4.79 Å². The van der Waals surface area contributed by atoms with Crippen molar-refractivity contribution in [2.24, 2.45) is 0 Å². The minimum absolute atomic E-state index is 0.00117. The van der Waals surface area contributed by atoms with Gasteiger partial charge in [-0.05, 0) is 51.1 Å². The van der Waals surface area contributed by atoms with Crippen molar-refractivity contribution in [3.63, 3.8) is 0 Å². The Balaban J connectivity index is 1.23. The number of aryl methyl sites for hydroxylation is 1. The number of aromatic nitrogens is 4. The van der Waals surface area contributed by atoms with E-state index >= 15 is 0 Å². The number of rotatable bonds is 10. The van der Waals surface area contributed by atoms with Crippen molar-refractivity contribution >= 4 is 66.7 Å². The molecule has 5 rings (SSSR count). The number of sulfonamides is 1. The van der Waals surface area contributed by atoms with Crippen LogP contribution < -0.4 is 20.3 Å². The van der Waals surface area contributed by atoms with Gasteiger partial charge in [0.2, 0.25) is 10.0 Å². The fourth-order valence-electron chi connectivity index (χ4n) is 4.83. The van der Waals surface area contributed by atoms with Crippen LogP contribution in [0.15, 0.2) is 65.8 Å². The molecule has 5 aromatic rings. The molecular weight excluding hydrogens is 588 g/mol.